The number of rotatable bonds is 5. The van der Waals surface area contributed by atoms with Gasteiger partial charge in [-0.3, -0.25) is 0 Å². The molecule has 1 N–H and O–H groups in total. The summed E-state index contributed by atoms with van der Waals surface area (Å²) < 4.78 is 10.7. The summed E-state index contributed by atoms with van der Waals surface area (Å²) in [5.74, 6) is -0.462. The highest BCUT2D eigenvalue weighted by Crippen LogP contribution is 2.37. The molecule has 0 saturated carbocycles. The van der Waals surface area contributed by atoms with Gasteiger partial charge < -0.3 is 14.6 Å². The first-order valence-corrected chi connectivity index (χ1v) is 6.85. The van der Waals surface area contributed by atoms with E-state index in [2.05, 4.69) is 4.98 Å². The third-order valence-corrected chi connectivity index (χ3v) is 3.67. The fourth-order valence-electron chi connectivity index (χ4n) is 1.60. The van der Waals surface area contributed by atoms with E-state index in [-0.39, 0.29) is 16.3 Å². The predicted octanol–water partition coefficient (Wildman–Crippen LogP) is 3.39. The second-order valence-electron chi connectivity index (χ2n) is 3.93. The molecule has 0 unspecified atom stereocenters. The van der Waals surface area contributed by atoms with Gasteiger partial charge in [-0.2, -0.15) is 0 Å². The number of carboxylic acids is 1. The van der Waals surface area contributed by atoms with Crippen molar-refractivity contribution in [3.8, 4) is 11.5 Å². The monoisotopic (exact) mass is 313 g/mol. The molecule has 0 aliphatic heterocycles. The van der Waals surface area contributed by atoms with Crippen molar-refractivity contribution >= 4 is 28.9 Å². The van der Waals surface area contributed by atoms with E-state index in [9.17, 15) is 4.79 Å². The highest BCUT2D eigenvalue weighted by atomic mass is 35.5. The van der Waals surface area contributed by atoms with Gasteiger partial charge in [0.15, 0.2) is 11.5 Å². The van der Waals surface area contributed by atoms with Gasteiger partial charge >= 0.3 is 5.97 Å². The molecule has 1 aromatic carbocycles. The first-order valence-electron chi connectivity index (χ1n) is 5.66. The summed E-state index contributed by atoms with van der Waals surface area (Å²) in [4.78, 5) is 16.0. The Kier molecular flexibility index (Phi) is 4.46. The Balaban J connectivity index is 2.24. The second kappa shape index (κ2) is 6.11. The maximum Gasteiger partial charge on any atom is 0.335 e. The normalized spacial score (nSPS) is 10.3. The summed E-state index contributed by atoms with van der Waals surface area (Å²) in [5.41, 5.74) is 0.0489. The Labute approximate surface area is 124 Å². The number of hydrogen-bond acceptors (Lipinski definition) is 5. The Morgan fingerprint density at radius 3 is 2.80 bits per heavy atom. The van der Waals surface area contributed by atoms with Crippen molar-refractivity contribution in [3.63, 3.8) is 0 Å². The molecule has 0 radical (unpaired) electrons. The summed E-state index contributed by atoms with van der Waals surface area (Å²) in [7, 11) is 1.43. The van der Waals surface area contributed by atoms with E-state index in [0.717, 1.165) is 9.88 Å². The molecule has 0 bridgehead atoms. The van der Waals surface area contributed by atoms with Crippen molar-refractivity contribution in [2.75, 3.05) is 7.11 Å². The Bertz CT molecular complexity index is 641. The van der Waals surface area contributed by atoms with Gasteiger partial charge in [0.1, 0.15) is 6.61 Å². The second-order valence-corrected chi connectivity index (χ2v) is 5.66. The molecule has 1 aromatic heterocycles. The van der Waals surface area contributed by atoms with Crippen molar-refractivity contribution in [1.82, 2.24) is 4.98 Å². The third kappa shape index (κ3) is 3.20. The molecule has 5 nitrogen and oxygen atoms in total. The van der Waals surface area contributed by atoms with E-state index < -0.39 is 5.97 Å². The van der Waals surface area contributed by atoms with Gasteiger partial charge in [0.25, 0.3) is 0 Å². The van der Waals surface area contributed by atoms with Crippen molar-refractivity contribution in [2.24, 2.45) is 0 Å². The molecular weight excluding hydrogens is 302 g/mol. The number of ether oxygens (including phenoxy) is 2. The van der Waals surface area contributed by atoms with Crippen LogP contribution in [0.25, 0.3) is 0 Å². The molecule has 0 atom stereocenters. The fraction of sp³-hybridized carbons (Fsp3) is 0.231. The van der Waals surface area contributed by atoms with Crippen molar-refractivity contribution in [3.05, 3.63) is 38.8 Å². The lowest BCUT2D eigenvalue weighted by atomic mass is 10.2. The number of aryl methyl sites for hydroxylation is 1. The van der Waals surface area contributed by atoms with Gasteiger partial charge in [-0.15, -0.1) is 11.3 Å². The number of hydrogen-bond donors (Lipinski definition) is 1. The summed E-state index contributed by atoms with van der Waals surface area (Å²) in [6.45, 7) is 2.21. The summed E-state index contributed by atoms with van der Waals surface area (Å²) in [6, 6.07) is 2.71. The van der Waals surface area contributed by atoms with Gasteiger partial charge in [-0.05, 0) is 19.1 Å². The van der Waals surface area contributed by atoms with Crippen molar-refractivity contribution in [1.29, 1.82) is 0 Å². The quantitative estimate of drug-likeness (QED) is 0.916. The molecular formula is C13H12ClNO4S. The zero-order valence-corrected chi connectivity index (χ0v) is 12.4. The molecule has 2 aromatic rings. The number of thiazole rings is 1. The van der Waals surface area contributed by atoms with Crippen LogP contribution in [0.2, 0.25) is 5.02 Å². The molecule has 1 heterocycles. The first-order chi connectivity index (χ1) is 9.51. The van der Waals surface area contributed by atoms with Gasteiger partial charge in [-0.25, -0.2) is 9.78 Å². The molecule has 0 spiro atoms. The van der Waals surface area contributed by atoms with E-state index in [0.29, 0.717) is 12.4 Å². The minimum absolute atomic E-state index is 0.0489. The Morgan fingerprint density at radius 1 is 1.50 bits per heavy atom. The van der Waals surface area contributed by atoms with Crippen LogP contribution in [0.3, 0.4) is 0 Å². The average molecular weight is 314 g/mol. The van der Waals surface area contributed by atoms with Crippen LogP contribution in [-0.2, 0) is 6.61 Å². The summed E-state index contributed by atoms with van der Waals surface area (Å²) >= 11 is 7.57. The topological polar surface area (TPSA) is 68.7 Å². The van der Waals surface area contributed by atoms with Crippen LogP contribution in [-0.4, -0.2) is 23.2 Å². The number of methoxy groups -OCH3 is 1. The number of benzene rings is 1. The molecule has 0 aliphatic rings. The van der Waals surface area contributed by atoms with Crippen LogP contribution in [0.15, 0.2) is 18.3 Å². The van der Waals surface area contributed by atoms with Crippen LogP contribution in [0.1, 0.15) is 20.2 Å². The lowest BCUT2D eigenvalue weighted by Crippen LogP contribution is -2.01. The van der Waals surface area contributed by atoms with Crippen LogP contribution in [0, 0.1) is 6.92 Å². The molecule has 0 saturated heterocycles. The van der Waals surface area contributed by atoms with Gasteiger partial charge in [0, 0.05) is 6.20 Å². The molecule has 20 heavy (non-hydrogen) atoms. The lowest BCUT2D eigenvalue weighted by molar-refractivity contribution is 0.0696. The van der Waals surface area contributed by atoms with Crippen LogP contribution < -0.4 is 9.47 Å². The third-order valence-electron chi connectivity index (χ3n) is 2.50. The number of carbonyl (C=O) groups is 1. The zero-order valence-electron chi connectivity index (χ0n) is 10.8. The zero-order chi connectivity index (χ0) is 14.7. The van der Waals surface area contributed by atoms with E-state index in [1.54, 1.807) is 6.20 Å². The average Bonchev–Trinajstić information content (AvgIpc) is 2.82. The van der Waals surface area contributed by atoms with Crippen molar-refractivity contribution < 1.29 is 19.4 Å². The number of aromatic carboxylic acids is 1. The summed E-state index contributed by atoms with van der Waals surface area (Å²) in [6.07, 6.45) is 1.73. The summed E-state index contributed by atoms with van der Waals surface area (Å²) in [5, 5.41) is 10.1. The first kappa shape index (κ1) is 14.6. The minimum atomic E-state index is -1.07. The fourth-order valence-corrected chi connectivity index (χ4v) is 2.57. The van der Waals surface area contributed by atoms with Gasteiger partial charge in [-0.1, -0.05) is 11.6 Å². The van der Waals surface area contributed by atoms with E-state index in [1.807, 2.05) is 6.92 Å². The number of aromatic nitrogens is 1. The molecule has 0 amide bonds. The number of nitrogens with zero attached hydrogens (tertiary/aromatic N) is 1. The Hall–Kier alpha value is -1.79. The van der Waals surface area contributed by atoms with Crippen LogP contribution >= 0.6 is 22.9 Å². The molecule has 106 valence electrons. The van der Waals surface area contributed by atoms with E-state index in [4.69, 9.17) is 26.2 Å². The number of halogens is 1. The van der Waals surface area contributed by atoms with E-state index in [1.165, 1.54) is 30.6 Å². The SMILES string of the molecule is COc1cc(C(=O)O)cc(Cl)c1OCc1cnc(C)s1. The highest BCUT2D eigenvalue weighted by molar-refractivity contribution is 7.11. The standard InChI is InChI=1S/C13H12ClNO4S/c1-7-15-5-9(20-7)6-19-12-10(14)3-8(13(16)17)4-11(12)18-2/h3-5H,6H2,1-2H3,(H,16,17). The van der Waals surface area contributed by atoms with Crippen molar-refractivity contribution in [2.45, 2.75) is 13.5 Å². The number of carboxylic acid groups (broad SMARTS) is 1. The molecule has 2 rings (SSSR count). The van der Waals surface area contributed by atoms with E-state index >= 15 is 0 Å². The molecule has 0 aliphatic carbocycles. The minimum Gasteiger partial charge on any atom is -0.493 e. The lowest BCUT2D eigenvalue weighted by Gasteiger charge is -2.12. The maximum absolute atomic E-state index is 11.0. The Morgan fingerprint density at radius 2 is 2.25 bits per heavy atom. The maximum atomic E-state index is 11.0. The van der Waals surface area contributed by atoms with Crippen LogP contribution in [0.5, 0.6) is 11.5 Å². The van der Waals surface area contributed by atoms with Gasteiger partial charge in [0.2, 0.25) is 0 Å². The molecule has 7 heteroatoms. The molecule has 0 fully saturated rings. The highest BCUT2D eigenvalue weighted by Gasteiger charge is 2.15. The van der Waals surface area contributed by atoms with Gasteiger partial charge in [0.05, 0.1) is 27.6 Å². The smallest absolute Gasteiger partial charge is 0.335 e. The largest absolute Gasteiger partial charge is 0.493 e. The van der Waals surface area contributed by atoms with Crippen LogP contribution in [0.4, 0.5) is 0 Å². The predicted molar refractivity (Wildman–Crippen MR) is 76.1 cm³/mol.